The van der Waals surface area contributed by atoms with Crippen molar-refractivity contribution in [2.24, 2.45) is 5.73 Å². The largest absolute Gasteiger partial charge is 0.495 e. The monoisotopic (exact) mass is 233 g/mol. The highest BCUT2D eigenvalue weighted by molar-refractivity contribution is 6.32. The Morgan fingerprint density at radius 2 is 2.07 bits per heavy atom. The Labute approximate surface area is 92.9 Å². The van der Waals surface area contributed by atoms with Gasteiger partial charge in [-0.2, -0.15) is 0 Å². The van der Waals surface area contributed by atoms with E-state index >= 15 is 0 Å². The minimum absolute atomic E-state index is 0.101. The lowest BCUT2D eigenvalue weighted by Crippen LogP contribution is -2.07. The molecule has 5 heteroatoms. The second-order valence-electron chi connectivity index (χ2n) is 2.93. The van der Waals surface area contributed by atoms with Crippen molar-refractivity contribution >= 4 is 11.6 Å². The molecule has 0 aliphatic carbocycles. The highest BCUT2D eigenvalue weighted by Crippen LogP contribution is 2.36. The summed E-state index contributed by atoms with van der Waals surface area (Å²) in [5.41, 5.74) is 5.74. The number of hydrogen-bond donors (Lipinski definition) is 1. The molecule has 2 N–H and O–H groups in total. The molecule has 0 saturated carbocycles. The second kappa shape index (κ2) is 5.19. The number of ether oxygens (including phenoxy) is 2. The molecule has 0 heterocycles. The normalized spacial score (nSPS) is 10.2. The van der Waals surface area contributed by atoms with Crippen molar-refractivity contribution in [2.75, 3.05) is 20.8 Å². The Balaban J connectivity index is 3.33. The zero-order chi connectivity index (χ0) is 11.4. The average molecular weight is 234 g/mol. The number of halogens is 2. The second-order valence-corrected chi connectivity index (χ2v) is 3.33. The maximum absolute atomic E-state index is 13.8. The molecule has 0 atom stereocenters. The molecule has 0 radical (unpaired) electrons. The van der Waals surface area contributed by atoms with E-state index < -0.39 is 5.82 Å². The van der Waals surface area contributed by atoms with Crippen LogP contribution in [0.2, 0.25) is 5.02 Å². The summed E-state index contributed by atoms with van der Waals surface area (Å²) in [6.45, 7) is 0.316. The van der Waals surface area contributed by atoms with Crippen LogP contribution in [0.1, 0.15) is 5.56 Å². The molecule has 15 heavy (non-hydrogen) atoms. The number of nitrogens with two attached hydrogens (primary N) is 1. The van der Waals surface area contributed by atoms with Gasteiger partial charge in [0.25, 0.3) is 0 Å². The minimum Gasteiger partial charge on any atom is -0.495 e. The summed E-state index contributed by atoms with van der Waals surface area (Å²) in [6.07, 6.45) is 0.353. The highest BCUT2D eigenvalue weighted by atomic mass is 35.5. The molecule has 0 bridgehead atoms. The van der Waals surface area contributed by atoms with Gasteiger partial charge in [-0.3, -0.25) is 0 Å². The number of methoxy groups -OCH3 is 2. The third-order valence-electron chi connectivity index (χ3n) is 2.05. The molecule has 0 spiro atoms. The van der Waals surface area contributed by atoms with Gasteiger partial charge in [0.1, 0.15) is 5.75 Å². The van der Waals surface area contributed by atoms with Gasteiger partial charge in [0.2, 0.25) is 0 Å². The lowest BCUT2D eigenvalue weighted by Gasteiger charge is -2.13. The molecule has 1 aromatic rings. The first-order valence-corrected chi connectivity index (χ1v) is 4.82. The van der Waals surface area contributed by atoms with Crippen LogP contribution in [-0.2, 0) is 6.42 Å². The van der Waals surface area contributed by atoms with Crippen molar-refractivity contribution in [1.29, 1.82) is 0 Å². The molecular formula is C10H13ClFNO2. The van der Waals surface area contributed by atoms with Crippen molar-refractivity contribution in [1.82, 2.24) is 0 Å². The minimum atomic E-state index is -0.468. The van der Waals surface area contributed by atoms with Gasteiger partial charge < -0.3 is 15.2 Å². The lowest BCUT2D eigenvalue weighted by molar-refractivity contribution is 0.372. The summed E-state index contributed by atoms with van der Waals surface area (Å²) in [6, 6.07) is 1.38. The van der Waals surface area contributed by atoms with Crippen molar-refractivity contribution < 1.29 is 13.9 Å². The van der Waals surface area contributed by atoms with Crippen LogP contribution in [0, 0.1) is 5.82 Å². The quantitative estimate of drug-likeness (QED) is 0.865. The maximum atomic E-state index is 13.8. The predicted molar refractivity (Wildman–Crippen MR) is 57.3 cm³/mol. The maximum Gasteiger partial charge on any atom is 0.172 e. The number of rotatable bonds is 4. The molecule has 1 rings (SSSR count). The summed E-state index contributed by atoms with van der Waals surface area (Å²) in [4.78, 5) is 0. The van der Waals surface area contributed by atoms with E-state index in [1.807, 2.05) is 0 Å². The van der Waals surface area contributed by atoms with E-state index in [-0.39, 0.29) is 5.75 Å². The zero-order valence-electron chi connectivity index (χ0n) is 8.64. The van der Waals surface area contributed by atoms with Crippen molar-refractivity contribution in [3.05, 3.63) is 22.5 Å². The number of benzene rings is 1. The third kappa shape index (κ3) is 2.33. The van der Waals surface area contributed by atoms with Crippen LogP contribution in [0.3, 0.4) is 0 Å². The smallest absolute Gasteiger partial charge is 0.172 e. The standard InChI is InChI=1S/C10H13ClFNO2/c1-14-8-5-7(11)10(15-2)6(3-4-13)9(8)12/h5H,3-4,13H2,1-2H3. The van der Waals surface area contributed by atoms with Gasteiger partial charge >= 0.3 is 0 Å². The fourth-order valence-electron chi connectivity index (χ4n) is 1.37. The summed E-state index contributed by atoms with van der Waals surface area (Å²) in [7, 11) is 2.82. The molecular weight excluding hydrogens is 221 g/mol. The molecule has 0 saturated heterocycles. The molecule has 84 valence electrons. The third-order valence-corrected chi connectivity index (χ3v) is 2.33. The molecule has 0 aliphatic heterocycles. The van der Waals surface area contributed by atoms with Crippen LogP contribution in [0.4, 0.5) is 4.39 Å². The van der Waals surface area contributed by atoms with Crippen LogP contribution in [0.25, 0.3) is 0 Å². The van der Waals surface area contributed by atoms with Crippen LogP contribution in [0.15, 0.2) is 6.07 Å². The van der Waals surface area contributed by atoms with E-state index in [0.717, 1.165) is 0 Å². The van der Waals surface area contributed by atoms with E-state index in [4.69, 9.17) is 26.8 Å². The fraction of sp³-hybridized carbons (Fsp3) is 0.400. The summed E-state index contributed by atoms with van der Waals surface area (Å²) in [5.74, 6) is -0.0473. The van der Waals surface area contributed by atoms with Crippen LogP contribution in [-0.4, -0.2) is 20.8 Å². The molecule has 3 nitrogen and oxygen atoms in total. The molecule has 0 fully saturated rings. The first-order chi connectivity index (χ1) is 7.15. The molecule has 0 unspecified atom stereocenters. The topological polar surface area (TPSA) is 44.5 Å². The zero-order valence-corrected chi connectivity index (χ0v) is 9.40. The van der Waals surface area contributed by atoms with Gasteiger partial charge in [0, 0.05) is 11.6 Å². The Kier molecular flexibility index (Phi) is 4.17. The van der Waals surface area contributed by atoms with Crippen LogP contribution >= 0.6 is 11.6 Å². The number of hydrogen-bond acceptors (Lipinski definition) is 3. The van der Waals surface area contributed by atoms with E-state index in [2.05, 4.69) is 0 Å². The SMILES string of the molecule is COc1cc(Cl)c(OC)c(CCN)c1F. The van der Waals surface area contributed by atoms with E-state index in [9.17, 15) is 4.39 Å². The van der Waals surface area contributed by atoms with Crippen LogP contribution < -0.4 is 15.2 Å². The van der Waals surface area contributed by atoms with Crippen molar-refractivity contribution in [2.45, 2.75) is 6.42 Å². The molecule has 0 aliphatic rings. The Morgan fingerprint density at radius 1 is 1.40 bits per heavy atom. The van der Waals surface area contributed by atoms with Gasteiger partial charge in [0.05, 0.1) is 19.2 Å². The van der Waals surface area contributed by atoms with Gasteiger partial charge in [-0.25, -0.2) is 4.39 Å². The van der Waals surface area contributed by atoms with Gasteiger partial charge in [-0.05, 0) is 13.0 Å². The Hall–Kier alpha value is -1.00. The van der Waals surface area contributed by atoms with Gasteiger partial charge in [-0.15, -0.1) is 0 Å². The summed E-state index contributed by atoms with van der Waals surface area (Å²) >= 11 is 5.91. The molecule has 0 amide bonds. The fourth-order valence-corrected chi connectivity index (χ4v) is 1.66. The first kappa shape index (κ1) is 12.1. The van der Waals surface area contributed by atoms with Crippen molar-refractivity contribution in [3.8, 4) is 11.5 Å². The average Bonchev–Trinajstić information content (AvgIpc) is 2.23. The Bertz CT molecular complexity index is 358. The van der Waals surface area contributed by atoms with Crippen molar-refractivity contribution in [3.63, 3.8) is 0 Å². The summed E-state index contributed by atoms with van der Waals surface area (Å²) < 4.78 is 23.7. The lowest BCUT2D eigenvalue weighted by atomic mass is 10.1. The van der Waals surface area contributed by atoms with Gasteiger partial charge in [0.15, 0.2) is 11.6 Å². The summed E-state index contributed by atoms with van der Waals surface area (Å²) in [5, 5.41) is 0.319. The van der Waals surface area contributed by atoms with E-state index in [1.165, 1.54) is 20.3 Å². The Morgan fingerprint density at radius 3 is 2.53 bits per heavy atom. The predicted octanol–water partition coefficient (Wildman–Crippen LogP) is 2.00. The highest BCUT2D eigenvalue weighted by Gasteiger charge is 2.17. The van der Waals surface area contributed by atoms with E-state index in [0.29, 0.717) is 29.3 Å². The molecule has 1 aromatic carbocycles. The van der Waals surface area contributed by atoms with E-state index in [1.54, 1.807) is 0 Å². The van der Waals surface area contributed by atoms with Crippen LogP contribution in [0.5, 0.6) is 11.5 Å². The van der Waals surface area contributed by atoms with Gasteiger partial charge in [-0.1, -0.05) is 11.6 Å². The first-order valence-electron chi connectivity index (χ1n) is 4.44. The molecule has 0 aromatic heterocycles.